The van der Waals surface area contributed by atoms with E-state index in [4.69, 9.17) is 0 Å². The van der Waals surface area contributed by atoms with Crippen LogP contribution in [0, 0.1) is 11.3 Å². The third-order valence-electron chi connectivity index (χ3n) is 3.52. The van der Waals surface area contributed by atoms with E-state index < -0.39 is 0 Å². The molecule has 1 fully saturated rings. The second kappa shape index (κ2) is 2.06. The van der Waals surface area contributed by atoms with Gasteiger partial charge in [-0.25, -0.2) is 0 Å². The summed E-state index contributed by atoms with van der Waals surface area (Å²) in [6, 6.07) is 0. The molecule has 66 valence electrons. The molecule has 0 bridgehead atoms. The van der Waals surface area contributed by atoms with Gasteiger partial charge in [-0.1, -0.05) is 36.0 Å². The maximum atomic E-state index is 2.46. The normalized spacial score (nSPS) is 39.8. The Morgan fingerprint density at radius 3 is 3.08 bits per heavy atom. The smallest absolute Gasteiger partial charge is 0.0209 e. The minimum absolute atomic E-state index is 0.428. The average Bonchev–Trinajstić information content (AvgIpc) is 2.74. The lowest BCUT2D eigenvalue weighted by molar-refractivity contribution is 0.717. The van der Waals surface area contributed by atoms with Gasteiger partial charge in [0, 0.05) is 5.41 Å². The predicted molar refractivity (Wildman–Crippen MR) is 55.3 cm³/mol. The van der Waals surface area contributed by atoms with E-state index in [9.17, 15) is 0 Å². The summed E-state index contributed by atoms with van der Waals surface area (Å²) < 4.78 is 0. The van der Waals surface area contributed by atoms with Crippen molar-refractivity contribution in [2.75, 3.05) is 0 Å². The Balaban J connectivity index is 2.18. The summed E-state index contributed by atoms with van der Waals surface area (Å²) in [5, 5.41) is 0. The Bertz CT molecular complexity index is 390. The highest BCUT2D eigenvalue weighted by molar-refractivity contribution is 5.56. The van der Waals surface area contributed by atoms with Crippen molar-refractivity contribution in [3.8, 4) is 0 Å². The molecule has 2 atom stereocenters. The van der Waals surface area contributed by atoms with Gasteiger partial charge in [0.25, 0.3) is 0 Å². The van der Waals surface area contributed by atoms with Crippen molar-refractivity contribution in [3.05, 3.63) is 47.1 Å². The summed E-state index contributed by atoms with van der Waals surface area (Å²) in [7, 11) is 0. The van der Waals surface area contributed by atoms with Crippen LogP contribution in [0.25, 0.3) is 0 Å². The van der Waals surface area contributed by atoms with Crippen LogP contribution in [-0.4, -0.2) is 0 Å². The lowest BCUT2D eigenvalue weighted by Crippen LogP contribution is -2.11. The monoisotopic (exact) mass is 170 g/mol. The van der Waals surface area contributed by atoms with E-state index in [0.29, 0.717) is 5.41 Å². The number of hydrogen-bond acceptors (Lipinski definition) is 0. The molecule has 0 aromatic rings. The molecule has 0 heterocycles. The molecule has 0 heteroatoms. The van der Waals surface area contributed by atoms with Gasteiger partial charge in [-0.2, -0.15) is 0 Å². The maximum absolute atomic E-state index is 2.46. The Hall–Kier alpha value is -1.04. The third kappa shape index (κ3) is 0.810. The summed E-state index contributed by atoms with van der Waals surface area (Å²) in [4.78, 5) is 0. The predicted octanol–water partition coefficient (Wildman–Crippen LogP) is 3.40. The molecular weight excluding hydrogens is 156 g/mol. The summed E-state index contributed by atoms with van der Waals surface area (Å²) >= 11 is 0. The first-order valence-corrected chi connectivity index (χ1v) is 4.99. The van der Waals surface area contributed by atoms with Crippen LogP contribution < -0.4 is 0 Å². The largest absolute Gasteiger partial charge is 0.0802 e. The van der Waals surface area contributed by atoms with Gasteiger partial charge >= 0.3 is 0 Å². The molecule has 0 aliphatic heterocycles. The number of hydrogen-bond donors (Lipinski definition) is 0. The van der Waals surface area contributed by atoms with Crippen molar-refractivity contribution in [2.24, 2.45) is 11.3 Å². The second-order valence-electron chi connectivity index (χ2n) is 4.53. The third-order valence-corrected chi connectivity index (χ3v) is 3.52. The zero-order chi connectivity index (χ0) is 9.05. The summed E-state index contributed by atoms with van der Waals surface area (Å²) in [6.07, 6.45) is 12.9. The highest BCUT2D eigenvalue weighted by atomic mass is 14.6. The Kier molecular flexibility index (Phi) is 1.17. The topological polar surface area (TPSA) is 0 Å². The minimum atomic E-state index is 0.428. The SMILES string of the molecule is CC1=CC23CC2C=CC=C3C(C)=C1. The molecule has 0 nitrogen and oxygen atoms in total. The van der Waals surface area contributed by atoms with Crippen molar-refractivity contribution in [2.45, 2.75) is 20.3 Å². The standard InChI is InChI=1S/C13H14/c1-9-6-10(2)12-5-3-4-11-8-13(11,12)7-9/h3-7,11H,8H2,1-2H3. The highest BCUT2D eigenvalue weighted by Gasteiger charge is 2.55. The van der Waals surface area contributed by atoms with E-state index in [1.165, 1.54) is 17.6 Å². The van der Waals surface area contributed by atoms with E-state index in [0.717, 1.165) is 5.92 Å². The molecule has 2 unspecified atom stereocenters. The van der Waals surface area contributed by atoms with E-state index >= 15 is 0 Å². The van der Waals surface area contributed by atoms with Crippen LogP contribution in [0.3, 0.4) is 0 Å². The number of allylic oxidation sites excluding steroid dienone is 8. The Labute approximate surface area is 79.3 Å². The molecule has 1 spiro atoms. The van der Waals surface area contributed by atoms with Crippen LogP contribution >= 0.6 is 0 Å². The van der Waals surface area contributed by atoms with E-state index in [-0.39, 0.29) is 0 Å². The molecular formula is C13H14. The van der Waals surface area contributed by atoms with Crippen LogP contribution in [0.4, 0.5) is 0 Å². The lowest BCUT2D eigenvalue weighted by atomic mass is 9.80. The van der Waals surface area contributed by atoms with Gasteiger partial charge in [-0.05, 0) is 37.3 Å². The first-order valence-electron chi connectivity index (χ1n) is 4.99. The van der Waals surface area contributed by atoms with Crippen LogP contribution in [0.1, 0.15) is 20.3 Å². The molecule has 0 radical (unpaired) electrons. The van der Waals surface area contributed by atoms with Crippen molar-refractivity contribution in [1.29, 1.82) is 0 Å². The van der Waals surface area contributed by atoms with Crippen molar-refractivity contribution in [1.82, 2.24) is 0 Å². The van der Waals surface area contributed by atoms with E-state index in [1.807, 2.05) is 0 Å². The molecule has 1 saturated carbocycles. The summed E-state index contributed by atoms with van der Waals surface area (Å²) in [5.74, 6) is 0.797. The van der Waals surface area contributed by atoms with Gasteiger partial charge in [0.1, 0.15) is 0 Å². The summed E-state index contributed by atoms with van der Waals surface area (Å²) in [6.45, 7) is 4.45. The first kappa shape index (κ1) is 7.37. The molecule has 0 amide bonds. The molecule has 13 heavy (non-hydrogen) atoms. The number of rotatable bonds is 0. The van der Waals surface area contributed by atoms with E-state index in [2.05, 4.69) is 44.2 Å². The van der Waals surface area contributed by atoms with Gasteiger partial charge in [0.2, 0.25) is 0 Å². The van der Waals surface area contributed by atoms with Crippen LogP contribution in [0.15, 0.2) is 47.1 Å². The molecule has 0 aromatic heterocycles. The minimum Gasteiger partial charge on any atom is -0.0802 e. The van der Waals surface area contributed by atoms with E-state index in [1.54, 1.807) is 5.57 Å². The fourth-order valence-corrected chi connectivity index (χ4v) is 2.90. The fraction of sp³-hybridized carbons (Fsp3) is 0.385. The van der Waals surface area contributed by atoms with Crippen LogP contribution in [0.5, 0.6) is 0 Å². The zero-order valence-electron chi connectivity index (χ0n) is 8.17. The van der Waals surface area contributed by atoms with Gasteiger partial charge < -0.3 is 0 Å². The van der Waals surface area contributed by atoms with Crippen molar-refractivity contribution in [3.63, 3.8) is 0 Å². The Morgan fingerprint density at radius 2 is 2.23 bits per heavy atom. The molecule has 0 saturated heterocycles. The zero-order valence-corrected chi connectivity index (χ0v) is 8.17. The van der Waals surface area contributed by atoms with Gasteiger partial charge in [0.05, 0.1) is 0 Å². The lowest BCUT2D eigenvalue weighted by Gasteiger charge is -2.24. The van der Waals surface area contributed by atoms with Crippen LogP contribution in [-0.2, 0) is 0 Å². The average molecular weight is 170 g/mol. The van der Waals surface area contributed by atoms with Crippen LogP contribution in [0.2, 0.25) is 0 Å². The second-order valence-corrected chi connectivity index (χ2v) is 4.53. The van der Waals surface area contributed by atoms with Gasteiger partial charge in [-0.3, -0.25) is 0 Å². The quantitative estimate of drug-likeness (QED) is 0.522. The molecule has 3 rings (SSSR count). The molecule has 3 aliphatic carbocycles. The summed E-state index contributed by atoms with van der Waals surface area (Å²) in [5.41, 5.74) is 4.89. The first-order chi connectivity index (χ1) is 6.22. The molecule has 0 aromatic carbocycles. The molecule has 3 aliphatic rings. The molecule has 0 N–H and O–H groups in total. The van der Waals surface area contributed by atoms with Crippen molar-refractivity contribution >= 4 is 0 Å². The Morgan fingerprint density at radius 1 is 1.38 bits per heavy atom. The highest BCUT2D eigenvalue weighted by Crippen LogP contribution is 2.64. The van der Waals surface area contributed by atoms with Gasteiger partial charge in [0.15, 0.2) is 0 Å². The fourth-order valence-electron chi connectivity index (χ4n) is 2.90. The maximum Gasteiger partial charge on any atom is 0.0209 e. The van der Waals surface area contributed by atoms with Crippen molar-refractivity contribution < 1.29 is 0 Å². The van der Waals surface area contributed by atoms with Gasteiger partial charge in [-0.15, -0.1) is 0 Å².